The van der Waals surface area contributed by atoms with Gasteiger partial charge in [-0.1, -0.05) is 48.5 Å². The molecule has 0 saturated carbocycles. The maximum absolute atomic E-state index is 9.42. The molecule has 2 nitrogen and oxygen atoms in total. The Kier molecular flexibility index (Phi) is 4.07. The van der Waals surface area contributed by atoms with E-state index in [1.165, 1.54) is 0 Å². The van der Waals surface area contributed by atoms with E-state index >= 15 is 0 Å². The van der Waals surface area contributed by atoms with Gasteiger partial charge in [0.15, 0.2) is 0 Å². The second-order valence-electron chi connectivity index (χ2n) is 4.20. The Morgan fingerprint density at radius 1 is 1.00 bits per heavy atom. The first kappa shape index (κ1) is 13.2. The quantitative estimate of drug-likeness (QED) is 0.657. The number of rotatable bonds is 3. The molecule has 2 aromatic carbocycles. The second-order valence-corrected chi connectivity index (χ2v) is 4.85. The zero-order valence-electron chi connectivity index (χ0n) is 10.0. The van der Waals surface area contributed by atoms with Crippen molar-refractivity contribution in [2.75, 3.05) is 0 Å². The zero-order chi connectivity index (χ0) is 13.1. The van der Waals surface area contributed by atoms with Crippen molar-refractivity contribution in [3.05, 3.63) is 54.1 Å². The first-order chi connectivity index (χ1) is 8.59. The van der Waals surface area contributed by atoms with Gasteiger partial charge in [-0.2, -0.15) is 0 Å². The molecule has 0 aliphatic carbocycles. The van der Waals surface area contributed by atoms with Crippen LogP contribution in [-0.2, 0) is 0 Å². The number of benzene rings is 2. The summed E-state index contributed by atoms with van der Waals surface area (Å²) in [6.45, 7) is 1.81. The highest BCUT2D eigenvalue weighted by Gasteiger charge is 2.19. The first-order valence-corrected chi connectivity index (χ1v) is 6.22. The fourth-order valence-electron chi connectivity index (χ4n) is 1.97. The Balaban J connectivity index is 2.50. The van der Waals surface area contributed by atoms with Crippen LogP contribution in [-0.4, -0.2) is 17.2 Å². The van der Waals surface area contributed by atoms with Crippen LogP contribution in [0.2, 0.25) is 0 Å². The van der Waals surface area contributed by atoms with E-state index in [-0.39, 0.29) is 5.38 Å². The minimum absolute atomic E-state index is 0.258. The van der Waals surface area contributed by atoms with Crippen molar-refractivity contribution in [1.82, 2.24) is 0 Å². The lowest BCUT2D eigenvalue weighted by molar-refractivity contribution is 0.425. The predicted octanol–water partition coefficient (Wildman–Crippen LogP) is 2.33. The summed E-state index contributed by atoms with van der Waals surface area (Å²) in [5.74, 6) is 0. The van der Waals surface area contributed by atoms with Crippen LogP contribution in [0.1, 0.15) is 17.9 Å². The van der Waals surface area contributed by atoms with Gasteiger partial charge in [-0.25, -0.2) is 0 Å². The molecule has 0 aliphatic rings. The van der Waals surface area contributed by atoms with E-state index in [0.717, 1.165) is 16.7 Å². The largest absolute Gasteiger partial charge is 0.488 e. The molecule has 0 amide bonds. The van der Waals surface area contributed by atoms with E-state index in [1.54, 1.807) is 6.07 Å². The van der Waals surface area contributed by atoms with Gasteiger partial charge in [0.1, 0.15) is 0 Å². The number of hydrogen-bond donors (Lipinski definition) is 2. The van der Waals surface area contributed by atoms with Crippen LogP contribution in [0.25, 0.3) is 11.1 Å². The lowest BCUT2D eigenvalue weighted by atomic mass is 9.75. The molecule has 0 aromatic heterocycles. The topological polar surface area (TPSA) is 40.5 Å². The predicted molar refractivity (Wildman–Crippen MR) is 76.0 cm³/mol. The molecule has 4 heteroatoms. The maximum Gasteiger partial charge on any atom is 0.488 e. The van der Waals surface area contributed by atoms with Gasteiger partial charge in [0.05, 0.1) is 5.38 Å². The molecule has 1 atom stereocenters. The summed E-state index contributed by atoms with van der Waals surface area (Å²) in [6.07, 6.45) is 0. The SMILES string of the molecule is CC(Cl)c1ccc(-c2ccccc2)cc1B(O)O. The average molecular weight is 261 g/mol. The Morgan fingerprint density at radius 2 is 1.67 bits per heavy atom. The van der Waals surface area contributed by atoms with Gasteiger partial charge >= 0.3 is 7.12 Å². The Hall–Kier alpha value is -1.29. The van der Waals surface area contributed by atoms with Crippen LogP contribution < -0.4 is 5.46 Å². The first-order valence-electron chi connectivity index (χ1n) is 5.79. The summed E-state index contributed by atoms with van der Waals surface area (Å²) in [5, 5.41) is 18.6. The normalized spacial score (nSPS) is 12.2. The molecule has 0 heterocycles. The third-order valence-corrected chi connectivity index (χ3v) is 3.14. The summed E-state index contributed by atoms with van der Waals surface area (Å²) in [4.78, 5) is 0. The lowest BCUT2D eigenvalue weighted by Gasteiger charge is -2.13. The number of halogens is 1. The second kappa shape index (κ2) is 5.57. The maximum atomic E-state index is 9.42. The van der Waals surface area contributed by atoms with Crippen molar-refractivity contribution in [3.63, 3.8) is 0 Å². The lowest BCUT2D eigenvalue weighted by Crippen LogP contribution is -2.33. The molecule has 0 bridgehead atoms. The van der Waals surface area contributed by atoms with Crippen LogP contribution >= 0.6 is 11.6 Å². The number of alkyl halides is 1. The molecule has 2 rings (SSSR count). The van der Waals surface area contributed by atoms with Crippen molar-refractivity contribution in [1.29, 1.82) is 0 Å². The fourth-order valence-corrected chi connectivity index (χ4v) is 2.17. The monoisotopic (exact) mass is 260 g/mol. The van der Waals surface area contributed by atoms with E-state index in [1.807, 2.05) is 49.4 Å². The smallest absolute Gasteiger partial charge is 0.423 e. The third-order valence-electron chi connectivity index (χ3n) is 2.90. The molecule has 2 N–H and O–H groups in total. The van der Waals surface area contributed by atoms with Crippen LogP contribution in [0.15, 0.2) is 48.5 Å². The standard InChI is InChI=1S/C14H14BClO2/c1-10(16)13-8-7-12(9-14(13)15(17)18)11-5-3-2-4-6-11/h2-10,17-18H,1H3. The van der Waals surface area contributed by atoms with Gasteiger partial charge in [0.25, 0.3) is 0 Å². The summed E-state index contributed by atoms with van der Waals surface area (Å²) < 4.78 is 0. The molecule has 92 valence electrons. The zero-order valence-corrected chi connectivity index (χ0v) is 10.8. The van der Waals surface area contributed by atoms with Crippen molar-refractivity contribution in [3.8, 4) is 11.1 Å². The van der Waals surface area contributed by atoms with Gasteiger partial charge in [-0.05, 0) is 29.1 Å². The molecule has 18 heavy (non-hydrogen) atoms. The van der Waals surface area contributed by atoms with Gasteiger partial charge in [-0.3, -0.25) is 0 Å². The van der Waals surface area contributed by atoms with Gasteiger partial charge in [0.2, 0.25) is 0 Å². The molecule has 0 saturated heterocycles. The van der Waals surface area contributed by atoms with Gasteiger partial charge in [0, 0.05) is 0 Å². The van der Waals surface area contributed by atoms with Crippen LogP contribution in [0.5, 0.6) is 0 Å². The fraction of sp³-hybridized carbons (Fsp3) is 0.143. The summed E-state index contributed by atoms with van der Waals surface area (Å²) in [7, 11) is -1.51. The molecule has 0 spiro atoms. The molecule has 2 aromatic rings. The van der Waals surface area contributed by atoms with E-state index in [9.17, 15) is 10.0 Å². The molecular formula is C14H14BClO2. The summed E-state index contributed by atoms with van der Waals surface area (Å²) in [5.41, 5.74) is 3.18. The highest BCUT2D eigenvalue weighted by atomic mass is 35.5. The van der Waals surface area contributed by atoms with Crippen LogP contribution in [0, 0.1) is 0 Å². The van der Waals surface area contributed by atoms with E-state index < -0.39 is 7.12 Å². The molecule has 1 unspecified atom stereocenters. The molecule has 0 fully saturated rings. The molecular weight excluding hydrogens is 246 g/mol. The minimum Gasteiger partial charge on any atom is -0.423 e. The van der Waals surface area contributed by atoms with Crippen molar-refractivity contribution in [2.45, 2.75) is 12.3 Å². The van der Waals surface area contributed by atoms with Crippen LogP contribution in [0.3, 0.4) is 0 Å². The Bertz CT molecular complexity index is 527. The van der Waals surface area contributed by atoms with Crippen molar-refractivity contribution < 1.29 is 10.0 Å². The van der Waals surface area contributed by atoms with Crippen LogP contribution in [0.4, 0.5) is 0 Å². The van der Waals surface area contributed by atoms with Gasteiger partial charge in [-0.15, -0.1) is 11.6 Å². The number of hydrogen-bond acceptors (Lipinski definition) is 2. The van der Waals surface area contributed by atoms with E-state index in [0.29, 0.717) is 5.46 Å². The van der Waals surface area contributed by atoms with Gasteiger partial charge < -0.3 is 10.0 Å². The summed E-state index contributed by atoms with van der Waals surface area (Å²) >= 11 is 6.03. The highest BCUT2D eigenvalue weighted by Crippen LogP contribution is 2.23. The molecule has 0 aliphatic heterocycles. The molecule has 0 radical (unpaired) electrons. The van der Waals surface area contributed by atoms with Crippen molar-refractivity contribution >= 4 is 24.2 Å². The van der Waals surface area contributed by atoms with E-state index in [4.69, 9.17) is 11.6 Å². The third kappa shape index (κ3) is 2.75. The Labute approximate surface area is 112 Å². The summed E-state index contributed by atoms with van der Waals surface area (Å²) in [6, 6.07) is 15.4. The highest BCUT2D eigenvalue weighted by molar-refractivity contribution is 6.59. The van der Waals surface area contributed by atoms with Crippen molar-refractivity contribution in [2.24, 2.45) is 0 Å². The Morgan fingerprint density at radius 3 is 2.22 bits per heavy atom. The average Bonchev–Trinajstić information content (AvgIpc) is 2.39. The minimum atomic E-state index is -1.51. The van der Waals surface area contributed by atoms with E-state index in [2.05, 4.69) is 0 Å².